The minimum absolute atomic E-state index is 0.147. The highest BCUT2D eigenvalue weighted by molar-refractivity contribution is 5.95. The van der Waals surface area contributed by atoms with Gasteiger partial charge in [0, 0.05) is 24.8 Å². The second-order valence-corrected chi connectivity index (χ2v) is 6.85. The quantitative estimate of drug-likeness (QED) is 0.488. The molecule has 0 saturated heterocycles. The number of anilines is 2. The largest absolute Gasteiger partial charge is 0.456 e. The number of amides is 3. The predicted octanol–water partition coefficient (Wildman–Crippen LogP) is 2.33. The summed E-state index contributed by atoms with van der Waals surface area (Å²) in [4.78, 5) is 48.7. The zero-order valence-corrected chi connectivity index (χ0v) is 16.8. The monoisotopic (exact) mass is 401 g/mol. The Morgan fingerprint density at radius 2 is 1.76 bits per heavy atom. The number of benzene rings is 1. The lowest BCUT2D eigenvalue weighted by atomic mass is 10.1. The standard InChI is InChI=1S/C21H27N3O5/c1-3-24(20(27)14-29-21(28)12-16-6-4-5-7-16)13-19(26)23-18-10-8-17(9-11-18)22-15(2)25/h4,6,8-11,16H,3,5,7,12-14H2,1-2H3,(H,22,25)(H,23,26)/t16-/m1/s1. The minimum Gasteiger partial charge on any atom is -0.456 e. The molecule has 0 spiro atoms. The van der Waals surface area contributed by atoms with E-state index in [-0.39, 0.29) is 37.3 Å². The molecule has 8 heteroatoms. The van der Waals surface area contributed by atoms with Crippen LogP contribution in [-0.4, -0.2) is 48.3 Å². The van der Waals surface area contributed by atoms with Crippen LogP contribution in [0.1, 0.15) is 33.1 Å². The van der Waals surface area contributed by atoms with Crippen LogP contribution in [0.4, 0.5) is 11.4 Å². The minimum atomic E-state index is -0.418. The molecule has 0 saturated carbocycles. The summed E-state index contributed by atoms with van der Waals surface area (Å²) < 4.78 is 5.06. The van der Waals surface area contributed by atoms with Crippen molar-refractivity contribution in [1.82, 2.24) is 4.90 Å². The van der Waals surface area contributed by atoms with Gasteiger partial charge in [0.05, 0.1) is 13.0 Å². The van der Waals surface area contributed by atoms with E-state index >= 15 is 0 Å². The molecular weight excluding hydrogens is 374 g/mol. The average molecular weight is 401 g/mol. The third-order valence-corrected chi connectivity index (χ3v) is 4.46. The van der Waals surface area contributed by atoms with Gasteiger partial charge in [-0.05, 0) is 49.9 Å². The zero-order chi connectivity index (χ0) is 21.2. The fourth-order valence-electron chi connectivity index (χ4n) is 2.96. The van der Waals surface area contributed by atoms with Gasteiger partial charge in [-0.25, -0.2) is 0 Å². The maximum Gasteiger partial charge on any atom is 0.306 e. The van der Waals surface area contributed by atoms with Gasteiger partial charge in [0.2, 0.25) is 11.8 Å². The Hall–Kier alpha value is -3.16. The van der Waals surface area contributed by atoms with Crippen molar-refractivity contribution in [3.8, 4) is 0 Å². The third kappa shape index (κ3) is 7.77. The second kappa shape index (κ2) is 11.0. The molecule has 29 heavy (non-hydrogen) atoms. The molecule has 0 fully saturated rings. The lowest BCUT2D eigenvalue weighted by Gasteiger charge is -2.20. The predicted molar refractivity (Wildman–Crippen MR) is 109 cm³/mol. The van der Waals surface area contributed by atoms with Gasteiger partial charge in [-0.2, -0.15) is 0 Å². The first kappa shape index (κ1) is 22.1. The highest BCUT2D eigenvalue weighted by Crippen LogP contribution is 2.20. The summed E-state index contributed by atoms with van der Waals surface area (Å²) in [6, 6.07) is 6.64. The summed E-state index contributed by atoms with van der Waals surface area (Å²) in [6.07, 6.45) is 6.19. The molecule has 1 atom stereocenters. The fourth-order valence-corrected chi connectivity index (χ4v) is 2.96. The van der Waals surface area contributed by atoms with Crippen LogP contribution in [0.5, 0.6) is 0 Å². The SMILES string of the molecule is CCN(CC(=O)Nc1ccc(NC(C)=O)cc1)C(=O)COC(=O)C[C@@H]1C=CCC1. The molecular formula is C21H27N3O5. The van der Waals surface area contributed by atoms with Crippen molar-refractivity contribution in [2.75, 3.05) is 30.3 Å². The molecule has 8 nitrogen and oxygen atoms in total. The van der Waals surface area contributed by atoms with Crippen molar-refractivity contribution in [2.24, 2.45) is 5.92 Å². The molecule has 2 N–H and O–H groups in total. The smallest absolute Gasteiger partial charge is 0.306 e. The number of rotatable bonds is 9. The van der Waals surface area contributed by atoms with Crippen molar-refractivity contribution < 1.29 is 23.9 Å². The molecule has 1 aromatic carbocycles. The summed E-state index contributed by atoms with van der Waals surface area (Å²) in [6.45, 7) is 2.96. The van der Waals surface area contributed by atoms with Crippen LogP contribution in [0, 0.1) is 5.92 Å². The highest BCUT2D eigenvalue weighted by Gasteiger charge is 2.19. The van der Waals surface area contributed by atoms with E-state index in [1.165, 1.54) is 11.8 Å². The van der Waals surface area contributed by atoms with Gasteiger partial charge >= 0.3 is 5.97 Å². The molecule has 0 aromatic heterocycles. The molecule has 0 radical (unpaired) electrons. The molecule has 0 aliphatic heterocycles. The molecule has 1 aromatic rings. The normalized spacial score (nSPS) is 14.9. The number of nitrogens with zero attached hydrogens (tertiary/aromatic N) is 1. The molecule has 156 valence electrons. The average Bonchev–Trinajstić information content (AvgIpc) is 3.18. The maximum atomic E-state index is 12.3. The molecule has 1 aliphatic rings. The van der Waals surface area contributed by atoms with Gasteiger partial charge in [-0.1, -0.05) is 12.2 Å². The Morgan fingerprint density at radius 3 is 2.31 bits per heavy atom. The Labute approximate surface area is 170 Å². The Morgan fingerprint density at radius 1 is 1.10 bits per heavy atom. The molecule has 0 unspecified atom stereocenters. The highest BCUT2D eigenvalue weighted by atomic mass is 16.5. The number of ether oxygens (including phenoxy) is 1. The molecule has 1 aliphatic carbocycles. The second-order valence-electron chi connectivity index (χ2n) is 6.85. The van der Waals surface area contributed by atoms with E-state index in [2.05, 4.69) is 10.6 Å². The summed E-state index contributed by atoms with van der Waals surface area (Å²) in [7, 11) is 0. The van der Waals surface area contributed by atoms with E-state index in [1.807, 2.05) is 12.2 Å². The van der Waals surface area contributed by atoms with E-state index in [0.29, 0.717) is 17.9 Å². The topological polar surface area (TPSA) is 105 Å². The van der Waals surface area contributed by atoms with Gasteiger partial charge in [-0.15, -0.1) is 0 Å². The zero-order valence-electron chi connectivity index (χ0n) is 16.8. The van der Waals surface area contributed by atoms with E-state index < -0.39 is 11.9 Å². The number of hydrogen-bond donors (Lipinski definition) is 2. The number of esters is 1. The van der Waals surface area contributed by atoms with Crippen LogP contribution in [-0.2, 0) is 23.9 Å². The lowest BCUT2D eigenvalue weighted by molar-refractivity contribution is -0.152. The van der Waals surface area contributed by atoms with E-state index in [1.54, 1.807) is 31.2 Å². The first-order valence-corrected chi connectivity index (χ1v) is 9.65. The van der Waals surface area contributed by atoms with Crippen LogP contribution in [0.25, 0.3) is 0 Å². The lowest BCUT2D eigenvalue weighted by Crippen LogP contribution is -2.40. The molecule has 3 amide bonds. The van der Waals surface area contributed by atoms with Crippen LogP contribution >= 0.6 is 0 Å². The number of hydrogen-bond acceptors (Lipinski definition) is 5. The third-order valence-electron chi connectivity index (χ3n) is 4.46. The first-order valence-electron chi connectivity index (χ1n) is 9.65. The van der Waals surface area contributed by atoms with E-state index in [0.717, 1.165) is 12.8 Å². The summed E-state index contributed by atoms with van der Waals surface area (Å²) in [5, 5.41) is 5.33. The molecule has 0 heterocycles. The van der Waals surface area contributed by atoms with Gasteiger partial charge in [0.1, 0.15) is 0 Å². The molecule has 0 bridgehead atoms. The van der Waals surface area contributed by atoms with Gasteiger partial charge in [0.15, 0.2) is 6.61 Å². The van der Waals surface area contributed by atoms with Gasteiger partial charge < -0.3 is 20.3 Å². The van der Waals surface area contributed by atoms with Crippen LogP contribution in [0.15, 0.2) is 36.4 Å². The number of likely N-dealkylation sites (N-methyl/N-ethyl adjacent to an activating group) is 1. The Kier molecular flexibility index (Phi) is 8.39. The molecule has 2 rings (SSSR count). The van der Waals surface area contributed by atoms with Crippen molar-refractivity contribution in [2.45, 2.75) is 33.1 Å². The van der Waals surface area contributed by atoms with Crippen molar-refractivity contribution in [3.63, 3.8) is 0 Å². The van der Waals surface area contributed by atoms with E-state index in [9.17, 15) is 19.2 Å². The van der Waals surface area contributed by atoms with Gasteiger partial charge in [-0.3, -0.25) is 19.2 Å². The first-order chi connectivity index (χ1) is 13.9. The number of allylic oxidation sites excluding steroid dienone is 2. The van der Waals surface area contributed by atoms with Crippen LogP contribution in [0.3, 0.4) is 0 Å². The van der Waals surface area contributed by atoms with Crippen molar-refractivity contribution >= 4 is 35.1 Å². The fraction of sp³-hybridized carbons (Fsp3) is 0.429. The summed E-state index contributed by atoms with van der Waals surface area (Å²) in [5.74, 6) is -1.19. The summed E-state index contributed by atoms with van der Waals surface area (Å²) >= 11 is 0. The van der Waals surface area contributed by atoms with Crippen molar-refractivity contribution in [1.29, 1.82) is 0 Å². The van der Waals surface area contributed by atoms with Crippen LogP contribution in [0.2, 0.25) is 0 Å². The Bertz CT molecular complexity index is 773. The maximum absolute atomic E-state index is 12.3. The van der Waals surface area contributed by atoms with Crippen LogP contribution < -0.4 is 10.6 Å². The Balaban J connectivity index is 1.77. The number of nitrogens with one attached hydrogen (secondary N) is 2. The summed E-state index contributed by atoms with van der Waals surface area (Å²) in [5.41, 5.74) is 1.17. The number of carbonyl (C=O) groups is 4. The number of carbonyl (C=O) groups excluding carboxylic acids is 4. The van der Waals surface area contributed by atoms with Gasteiger partial charge in [0.25, 0.3) is 5.91 Å². The van der Waals surface area contributed by atoms with E-state index in [4.69, 9.17) is 4.74 Å². The van der Waals surface area contributed by atoms with Crippen molar-refractivity contribution in [3.05, 3.63) is 36.4 Å².